The van der Waals surface area contributed by atoms with Crippen molar-refractivity contribution in [2.75, 3.05) is 0 Å². The van der Waals surface area contributed by atoms with Crippen molar-refractivity contribution in [3.05, 3.63) is 59.7 Å². The molecular formula is C21H19F6N6O2+. The fourth-order valence-corrected chi connectivity index (χ4v) is 3.55. The van der Waals surface area contributed by atoms with Crippen LogP contribution in [0.1, 0.15) is 23.9 Å². The van der Waals surface area contributed by atoms with Crippen LogP contribution in [-0.2, 0) is 12.7 Å². The van der Waals surface area contributed by atoms with Crippen molar-refractivity contribution < 1.29 is 40.9 Å². The first-order valence-corrected chi connectivity index (χ1v) is 10.1. The molecule has 1 unspecified atom stereocenters. The molecule has 4 rings (SSSR count). The van der Waals surface area contributed by atoms with Gasteiger partial charge in [0, 0.05) is 17.6 Å². The van der Waals surface area contributed by atoms with Crippen LogP contribution in [0.25, 0.3) is 16.9 Å². The van der Waals surface area contributed by atoms with Crippen LogP contribution < -0.4 is 9.40 Å². The summed E-state index contributed by atoms with van der Waals surface area (Å²) in [5.74, 6) is -1.04. The molecule has 0 radical (unpaired) electrons. The number of halogens is 6. The number of fused-ring (bicyclic) bond motifs is 1. The van der Waals surface area contributed by atoms with E-state index in [-0.39, 0.29) is 16.9 Å². The second-order valence-corrected chi connectivity index (χ2v) is 8.17. The molecule has 0 spiro atoms. The first-order chi connectivity index (χ1) is 16.2. The number of rotatable bonds is 5. The summed E-state index contributed by atoms with van der Waals surface area (Å²) in [5, 5.41) is 17.5. The SMILES string of the molecule is Cc1ccc(C)n1-c1cc(C(F)(F)F)c(On2nnc3cccnc32)[n+](CC(C)(O)C(F)(F)F)c1. The van der Waals surface area contributed by atoms with Crippen molar-refractivity contribution >= 4 is 11.2 Å². The molecule has 0 aliphatic heterocycles. The maximum Gasteiger partial charge on any atom is 0.426 e. The number of nitrogens with zero attached hydrogens (tertiary/aromatic N) is 6. The van der Waals surface area contributed by atoms with Crippen molar-refractivity contribution in [3.63, 3.8) is 0 Å². The summed E-state index contributed by atoms with van der Waals surface area (Å²) in [5.41, 5.74) is -3.64. The van der Waals surface area contributed by atoms with Gasteiger partial charge in [0.2, 0.25) is 11.2 Å². The van der Waals surface area contributed by atoms with Gasteiger partial charge in [-0.25, -0.2) is 4.98 Å². The van der Waals surface area contributed by atoms with Crippen LogP contribution in [0.5, 0.6) is 5.88 Å². The molecule has 1 N–H and O–H groups in total. The van der Waals surface area contributed by atoms with Crippen LogP contribution in [0.15, 0.2) is 42.7 Å². The Labute approximate surface area is 194 Å². The van der Waals surface area contributed by atoms with Crippen LogP contribution in [0.3, 0.4) is 0 Å². The first kappa shape index (κ1) is 24.4. The third kappa shape index (κ3) is 4.52. The Balaban J connectivity index is 1.98. The van der Waals surface area contributed by atoms with Gasteiger partial charge in [0.25, 0.3) is 0 Å². The lowest BCUT2D eigenvalue weighted by Gasteiger charge is -2.24. The Hall–Kier alpha value is -3.68. The van der Waals surface area contributed by atoms with Gasteiger partial charge < -0.3 is 9.67 Å². The van der Waals surface area contributed by atoms with Crippen LogP contribution >= 0.6 is 0 Å². The molecule has 35 heavy (non-hydrogen) atoms. The van der Waals surface area contributed by atoms with Crippen LogP contribution in [0.4, 0.5) is 26.3 Å². The van der Waals surface area contributed by atoms with E-state index in [0.717, 1.165) is 12.3 Å². The molecule has 0 bridgehead atoms. The Morgan fingerprint density at radius 2 is 1.71 bits per heavy atom. The van der Waals surface area contributed by atoms with Gasteiger partial charge in [-0.1, -0.05) is 0 Å². The van der Waals surface area contributed by atoms with E-state index in [0.29, 0.717) is 27.7 Å². The molecule has 4 aromatic rings. The van der Waals surface area contributed by atoms with Gasteiger partial charge in [-0.15, -0.1) is 5.10 Å². The predicted molar refractivity (Wildman–Crippen MR) is 108 cm³/mol. The number of hydrogen-bond donors (Lipinski definition) is 1. The van der Waals surface area contributed by atoms with Crippen LogP contribution in [0.2, 0.25) is 0 Å². The van der Waals surface area contributed by atoms with Gasteiger partial charge >= 0.3 is 18.2 Å². The van der Waals surface area contributed by atoms with E-state index in [1.165, 1.54) is 22.9 Å². The van der Waals surface area contributed by atoms with E-state index >= 15 is 0 Å². The normalized spacial score (nSPS) is 14.3. The lowest BCUT2D eigenvalue weighted by molar-refractivity contribution is -0.721. The third-order valence-electron chi connectivity index (χ3n) is 5.35. The zero-order chi connectivity index (χ0) is 25.8. The Bertz CT molecular complexity index is 1370. The van der Waals surface area contributed by atoms with Gasteiger partial charge in [0.1, 0.15) is 11.2 Å². The fourth-order valence-electron chi connectivity index (χ4n) is 3.55. The summed E-state index contributed by atoms with van der Waals surface area (Å²) in [4.78, 5) is 9.86. The topological polar surface area (TPSA) is 81.9 Å². The molecule has 186 valence electrons. The van der Waals surface area contributed by atoms with Crippen molar-refractivity contribution in [1.29, 1.82) is 0 Å². The minimum atomic E-state index is -5.15. The molecule has 0 saturated carbocycles. The Morgan fingerprint density at radius 1 is 1.06 bits per heavy atom. The Morgan fingerprint density at radius 3 is 2.31 bits per heavy atom. The summed E-state index contributed by atoms with van der Waals surface area (Å²) in [6.07, 6.45) is -7.83. The Kier molecular flexibility index (Phi) is 5.74. The third-order valence-corrected chi connectivity index (χ3v) is 5.35. The molecule has 0 aromatic carbocycles. The fraction of sp³-hybridized carbons (Fsp3) is 0.333. The number of alkyl halides is 6. The second kappa shape index (κ2) is 8.22. The molecule has 0 fully saturated rings. The summed E-state index contributed by atoms with van der Waals surface area (Å²) in [6, 6.07) is 7.04. The molecule has 1 atom stereocenters. The van der Waals surface area contributed by atoms with E-state index in [4.69, 9.17) is 4.84 Å². The predicted octanol–water partition coefficient (Wildman–Crippen LogP) is 3.70. The lowest BCUT2D eigenvalue weighted by atomic mass is 10.1. The van der Waals surface area contributed by atoms with Crippen molar-refractivity contribution in [1.82, 2.24) is 24.7 Å². The number of aryl methyl sites for hydroxylation is 2. The highest BCUT2D eigenvalue weighted by molar-refractivity contribution is 5.68. The highest BCUT2D eigenvalue weighted by atomic mass is 19.4. The highest BCUT2D eigenvalue weighted by Crippen LogP contribution is 2.37. The summed E-state index contributed by atoms with van der Waals surface area (Å²) >= 11 is 0. The van der Waals surface area contributed by atoms with Crippen molar-refractivity contribution in [3.8, 4) is 11.6 Å². The highest BCUT2D eigenvalue weighted by Gasteiger charge is 2.54. The van der Waals surface area contributed by atoms with Gasteiger partial charge in [-0.2, -0.15) is 30.9 Å². The second-order valence-electron chi connectivity index (χ2n) is 8.17. The number of hydrogen-bond acceptors (Lipinski definition) is 5. The van der Waals surface area contributed by atoms with Crippen molar-refractivity contribution in [2.45, 2.75) is 45.3 Å². The summed E-state index contributed by atoms with van der Waals surface area (Å²) in [6.45, 7) is 2.42. The van der Waals surface area contributed by atoms with Gasteiger partial charge in [0.15, 0.2) is 18.3 Å². The van der Waals surface area contributed by atoms with E-state index in [1.54, 1.807) is 26.0 Å². The average molecular weight is 501 g/mol. The molecule has 0 amide bonds. The van der Waals surface area contributed by atoms with Crippen LogP contribution in [-0.4, -0.2) is 41.6 Å². The van der Waals surface area contributed by atoms with E-state index < -0.39 is 35.9 Å². The smallest absolute Gasteiger partial charge is 0.376 e. The number of aromatic nitrogens is 6. The zero-order valence-corrected chi connectivity index (χ0v) is 18.6. The minimum Gasteiger partial charge on any atom is -0.376 e. The maximum atomic E-state index is 14.2. The molecule has 0 saturated heterocycles. The average Bonchev–Trinajstić information content (AvgIpc) is 3.30. The zero-order valence-electron chi connectivity index (χ0n) is 18.6. The van der Waals surface area contributed by atoms with Gasteiger partial charge in [0.05, 0.1) is 0 Å². The van der Waals surface area contributed by atoms with E-state index in [9.17, 15) is 31.4 Å². The largest absolute Gasteiger partial charge is 0.426 e. The molecular weight excluding hydrogens is 482 g/mol. The van der Waals surface area contributed by atoms with E-state index in [1.807, 2.05) is 0 Å². The number of aliphatic hydroxyl groups is 1. The molecule has 14 heteroatoms. The quantitative estimate of drug-likeness (QED) is 0.333. The molecule has 4 aromatic heterocycles. The van der Waals surface area contributed by atoms with Crippen molar-refractivity contribution in [2.24, 2.45) is 0 Å². The monoisotopic (exact) mass is 501 g/mol. The van der Waals surface area contributed by atoms with Crippen LogP contribution in [0, 0.1) is 13.8 Å². The minimum absolute atomic E-state index is 0.0593. The lowest BCUT2D eigenvalue weighted by Crippen LogP contribution is -2.55. The van der Waals surface area contributed by atoms with Gasteiger partial charge in [-0.05, 0) is 61.2 Å². The van der Waals surface area contributed by atoms with Gasteiger partial charge in [-0.3, -0.25) is 4.84 Å². The molecule has 0 aliphatic carbocycles. The number of pyridine rings is 2. The molecule has 8 nitrogen and oxygen atoms in total. The maximum absolute atomic E-state index is 14.2. The summed E-state index contributed by atoms with van der Waals surface area (Å²) < 4.78 is 85.1. The molecule has 0 aliphatic rings. The van der Waals surface area contributed by atoms with E-state index in [2.05, 4.69) is 15.3 Å². The molecule has 4 heterocycles. The standard InChI is InChI=1S/C21H19F6N6O2/c1-12-6-7-13(2)32(12)14-9-15(20(22,23)24)18(31(10-14)11-19(3,34)21(25,26)27)35-33-17-16(29-30-33)5-4-8-28-17/h4-10,34H,11H2,1-3H3/q+1. The first-order valence-electron chi connectivity index (χ1n) is 10.1. The summed E-state index contributed by atoms with van der Waals surface area (Å²) in [7, 11) is 0.